The Bertz CT molecular complexity index is 530. The van der Waals surface area contributed by atoms with Gasteiger partial charge in [-0.15, -0.1) is 0 Å². The topological polar surface area (TPSA) is 59.0 Å². The van der Waals surface area contributed by atoms with Crippen LogP contribution in [-0.2, 0) is 0 Å². The van der Waals surface area contributed by atoms with Crippen LogP contribution in [0.1, 0.15) is 24.2 Å². The fourth-order valence-corrected chi connectivity index (χ4v) is 2.07. The minimum atomic E-state index is -0.656. The average molecular weight is 300 g/mol. The molecule has 0 saturated carbocycles. The quantitative estimate of drug-likeness (QED) is 0.927. The number of fused-ring (bicyclic) bond motifs is 1. The van der Waals surface area contributed by atoms with Crippen molar-refractivity contribution in [3.8, 4) is 11.5 Å². The summed E-state index contributed by atoms with van der Waals surface area (Å²) < 4.78 is 10.9. The number of nitrogens with zero attached hydrogens (tertiary/aromatic N) is 1. The predicted octanol–water partition coefficient (Wildman–Crippen LogP) is 1.95. The second-order valence-corrected chi connectivity index (χ2v) is 5.72. The molecule has 1 heterocycles. The van der Waals surface area contributed by atoms with Crippen molar-refractivity contribution in [2.24, 2.45) is 0 Å². The minimum absolute atomic E-state index is 0.131. The first-order valence-electron chi connectivity index (χ1n) is 6.35. The minimum Gasteiger partial charge on any atom is -0.486 e. The van der Waals surface area contributed by atoms with E-state index < -0.39 is 5.54 Å². The van der Waals surface area contributed by atoms with Crippen molar-refractivity contribution in [2.45, 2.75) is 19.4 Å². The van der Waals surface area contributed by atoms with Crippen LogP contribution in [0.5, 0.6) is 11.5 Å². The van der Waals surface area contributed by atoms with Crippen molar-refractivity contribution in [1.82, 2.24) is 4.90 Å². The molecule has 1 aliphatic heterocycles. The third-order valence-corrected chi connectivity index (χ3v) is 3.72. The highest BCUT2D eigenvalue weighted by Crippen LogP contribution is 2.38. The second-order valence-electron chi connectivity index (χ2n) is 5.32. The SMILES string of the molecule is CN(C(=O)c1cc(Cl)c2c(c1)OCCO2)C(C)(C)CO. The molecule has 0 fully saturated rings. The largest absolute Gasteiger partial charge is 0.486 e. The Morgan fingerprint density at radius 3 is 2.70 bits per heavy atom. The molecule has 6 heteroatoms. The van der Waals surface area contributed by atoms with Crippen LogP contribution in [0.4, 0.5) is 0 Å². The molecule has 1 aromatic rings. The molecule has 1 aliphatic rings. The number of aliphatic hydroxyl groups excluding tert-OH is 1. The van der Waals surface area contributed by atoms with Gasteiger partial charge in [-0.1, -0.05) is 11.6 Å². The molecule has 0 aliphatic carbocycles. The van der Waals surface area contributed by atoms with E-state index in [1.165, 1.54) is 4.90 Å². The summed E-state index contributed by atoms with van der Waals surface area (Å²) >= 11 is 6.12. The molecule has 5 nitrogen and oxygen atoms in total. The van der Waals surface area contributed by atoms with Crippen molar-refractivity contribution in [2.75, 3.05) is 26.9 Å². The molecule has 20 heavy (non-hydrogen) atoms. The smallest absolute Gasteiger partial charge is 0.254 e. The summed E-state index contributed by atoms with van der Waals surface area (Å²) in [6.45, 7) is 4.30. The fourth-order valence-electron chi connectivity index (χ4n) is 1.81. The van der Waals surface area contributed by atoms with Gasteiger partial charge < -0.3 is 19.5 Å². The number of likely N-dealkylation sites (N-methyl/N-ethyl adjacent to an activating group) is 1. The molecular formula is C14H18ClNO4. The molecule has 0 spiro atoms. The Morgan fingerprint density at radius 2 is 2.05 bits per heavy atom. The van der Waals surface area contributed by atoms with Crippen LogP contribution in [0.25, 0.3) is 0 Å². The lowest BCUT2D eigenvalue weighted by Gasteiger charge is -2.34. The molecule has 1 aromatic carbocycles. The average Bonchev–Trinajstić information content (AvgIpc) is 2.45. The maximum atomic E-state index is 12.4. The molecule has 110 valence electrons. The van der Waals surface area contributed by atoms with Crippen LogP contribution in [0.2, 0.25) is 5.02 Å². The van der Waals surface area contributed by atoms with Gasteiger partial charge in [0.2, 0.25) is 0 Å². The maximum Gasteiger partial charge on any atom is 0.254 e. The van der Waals surface area contributed by atoms with Gasteiger partial charge in [0.25, 0.3) is 5.91 Å². The molecule has 0 aromatic heterocycles. The lowest BCUT2D eigenvalue weighted by Crippen LogP contribution is -2.47. The number of benzene rings is 1. The third kappa shape index (κ3) is 2.69. The Kier molecular flexibility index (Phi) is 4.11. The fraction of sp³-hybridized carbons (Fsp3) is 0.500. The first-order valence-corrected chi connectivity index (χ1v) is 6.73. The van der Waals surface area contributed by atoms with Crippen molar-refractivity contribution >= 4 is 17.5 Å². The lowest BCUT2D eigenvalue weighted by molar-refractivity contribution is 0.0472. The summed E-state index contributed by atoms with van der Waals surface area (Å²) in [4.78, 5) is 13.9. The van der Waals surface area contributed by atoms with E-state index in [0.717, 1.165) is 0 Å². The van der Waals surface area contributed by atoms with E-state index in [1.54, 1.807) is 33.0 Å². The van der Waals surface area contributed by atoms with Gasteiger partial charge in [0.15, 0.2) is 11.5 Å². The molecule has 2 rings (SSSR count). The summed E-state index contributed by atoms with van der Waals surface area (Å²) in [7, 11) is 1.64. The molecule has 0 bridgehead atoms. The Balaban J connectivity index is 2.34. The van der Waals surface area contributed by atoms with Crippen molar-refractivity contribution in [3.63, 3.8) is 0 Å². The Morgan fingerprint density at radius 1 is 1.40 bits per heavy atom. The van der Waals surface area contributed by atoms with E-state index in [2.05, 4.69) is 0 Å². The summed E-state index contributed by atoms with van der Waals surface area (Å²) in [5.41, 5.74) is -0.250. The van der Waals surface area contributed by atoms with E-state index >= 15 is 0 Å². The Labute approximate surface area is 123 Å². The molecule has 1 amide bonds. The molecule has 1 N–H and O–H groups in total. The van der Waals surface area contributed by atoms with E-state index in [4.69, 9.17) is 21.1 Å². The third-order valence-electron chi connectivity index (χ3n) is 3.44. The molecule has 0 atom stereocenters. The Hall–Kier alpha value is -1.46. The van der Waals surface area contributed by atoms with E-state index in [-0.39, 0.29) is 12.5 Å². The predicted molar refractivity (Wildman–Crippen MR) is 75.7 cm³/mol. The number of ether oxygens (including phenoxy) is 2. The van der Waals surface area contributed by atoms with Crippen LogP contribution in [0.15, 0.2) is 12.1 Å². The highest BCUT2D eigenvalue weighted by atomic mass is 35.5. The number of carbonyl (C=O) groups excluding carboxylic acids is 1. The highest BCUT2D eigenvalue weighted by Gasteiger charge is 2.29. The zero-order chi connectivity index (χ0) is 14.9. The van der Waals surface area contributed by atoms with Crippen LogP contribution >= 0.6 is 11.6 Å². The van der Waals surface area contributed by atoms with Crippen LogP contribution in [0, 0.1) is 0 Å². The number of amides is 1. The number of hydrogen-bond donors (Lipinski definition) is 1. The number of carbonyl (C=O) groups is 1. The van der Waals surface area contributed by atoms with Crippen LogP contribution in [0.3, 0.4) is 0 Å². The summed E-state index contributed by atoms with van der Waals surface area (Å²) in [5.74, 6) is 0.712. The summed E-state index contributed by atoms with van der Waals surface area (Å²) in [6, 6.07) is 3.17. The van der Waals surface area contributed by atoms with Crippen LogP contribution in [-0.4, -0.2) is 48.3 Å². The zero-order valence-corrected chi connectivity index (χ0v) is 12.5. The number of hydrogen-bond acceptors (Lipinski definition) is 4. The highest BCUT2D eigenvalue weighted by molar-refractivity contribution is 6.32. The first-order chi connectivity index (χ1) is 9.36. The van der Waals surface area contributed by atoms with Gasteiger partial charge in [0.1, 0.15) is 13.2 Å². The number of halogens is 1. The molecule has 0 saturated heterocycles. The normalized spacial score (nSPS) is 14.1. The second kappa shape index (κ2) is 5.50. The van der Waals surface area contributed by atoms with Gasteiger partial charge in [0.05, 0.1) is 17.2 Å². The van der Waals surface area contributed by atoms with Gasteiger partial charge >= 0.3 is 0 Å². The molecular weight excluding hydrogens is 282 g/mol. The summed E-state index contributed by atoms with van der Waals surface area (Å²) in [5, 5.41) is 9.69. The summed E-state index contributed by atoms with van der Waals surface area (Å²) in [6.07, 6.45) is 0. The van der Waals surface area contributed by atoms with Gasteiger partial charge in [-0.2, -0.15) is 0 Å². The van der Waals surface area contributed by atoms with E-state index in [0.29, 0.717) is 35.3 Å². The number of aliphatic hydroxyl groups is 1. The van der Waals surface area contributed by atoms with Crippen molar-refractivity contribution in [1.29, 1.82) is 0 Å². The van der Waals surface area contributed by atoms with Gasteiger partial charge in [-0.25, -0.2) is 0 Å². The van der Waals surface area contributed by atoms with Gasteiger partial charge in [-0.3, -0.25) is 4.79 Å². The molecule has 0 radical (unpaired) electrons. The van der Waals surface area contributed by atoms with Crippen molar-refractivity contribution < 1.29 is 19.4 Å². The lowest BCUT2D eigenvalue weighted by atomic mass is 10.0. The standard InChI is InChI=1S/C14H18ClNO4/c1-14(2,8-17)16(3)13(18)9-6-10(15)12-11(7-9)19-4-5-20-12/h6-7,17H,4-5,8H2,1-3H3. The monoisotopic (exact) mass is 299 g/mol. The van der Waals surface area contributed by atoms with E-state index in [9.17, 15) is 9.90 Å². The molecule has 0 unspecified atom stereocenters. The first kappa shape index (κ1) is 14.9. The van der Waals surface area contributed by atoms with Gasteiger partial charge in [-0.05, 0) is 26.0 Å². The number of rotatable bonds is 3. The maximum absolute atomic E-state index is 12.4. The van der Waals surface area contributed by atoms with Crippen molar-refractivity contribution in [3.05, 3.63) is 22.7 Å². The van der Waals surface area contributed by atoms with Gasteiger partial charge in [0, 0.05) is 12.6 Å². The van der Waals surface area contributed by atoms with E-state index in [1.807, 2.05) is 0 Å². The zero-order valence-electron chi connectivity index (χ0n) is 11.8. The van der Waals surface area contributed by atoms with Crippen LogP contribution < -0.4 is 9.47 Å².